The predicted octanol–water partition coefficient (Wildman–Crippen LogP) is 0.507. The molecule has 0 aliphatic carbocycles. The molecule has 3 aliphatic heterocycles. The number of rotatable bonds is 3. The van der Waals surface area contributed by atoms with E-state index in [0.717, 1.165) is 51.9 Å². The summed E-state index contributed by atoms with van der Waals surface area (Å²) in [4.78, 5) is 2.45. The Hall–Kier alpha value is 0.0800. The summed E-state index contributed by atoms with van der Waals surface area (Å²) in [6.45, 7) is 8.21. The van der Waals surface area contributed by atoms with Gasteiger partial charge in [0, 0.05) is 57.9 Å². The SMILES string of the molecule is CC1CCCCN1S(=O)(=O)N1CCC(N2CCNCC2)C1.Cl. The predicted molar refractivity (Wildman–Crippen MR) is 90.6 cm³/mol. The summed E-state index contributed by atoms with van der Waals surface area (Å²) in [5.74, 6) is 0. The van der Waals surface area contributed by atoms with Gasteiger partial charge in [0.25, 0.3) is 10.2 Å². The molecule has 3 saturated heterocycles. The van der Waals surface area contributed by atoms with E-state index < -0.39 is 10.2 Å². The zero-order valence-corrected chi connectivity index (χ0v) is 15.0. The maximum absolute atomic E-state index is 12.8. The molecular weight excluding hydrogens is 324 g/mol. The Bertz CT molecular complexity index is 456. The number of nitrogens with one attached hydrogen (secondary N) is 1. The molecule has 3 fully saturated rings. The maximum atomic E-state index is 12.8. The second-order valence-electron chi connectivity index (χ2n) is 6.55. The highest BCUT2D eigenvalue weighted by atomic mass is 35.5. The van der Waals surface area contributed by atoms with Gasteiger partial charge in [0.1, 0.15) is 0 Å². The molecule has 0 aromatic heterocycles. The van der Waals surface area contributed by atoms with Gasteiger partial charge in [-0.05, 0) is 26.2 Å². The van der Waals surface area contributed by atoms with Crippen LogP contribution in [0, 0.1) is 0 Å². The van der Waals surface area contributed by atoms with Crippen LogP contribution < -0.4 is 5.32 Å². The standard InChI is InChI=1S/C14H28N4O2S.ClH/c1-13-4-2-3-8-18(13)21(19,20)17-9-5-14(12-17)16-10-6-15-7-11-16;/h13-15H,2-12H2,1H3;1H. The van der Waals surface area contributed by atoms with Gasteiger partial charge >= 0.3 is 0 Å². The molecule has 130 valence electrons. The van der Waals surface area contributed by atoms with Gasteiger partial charge in [-0.25, -0.2) is 0 Å². The van der Waals surface area contributed by atoms with Crippen molar-refractivity contribution in [2.45, 2.75) is 44.7 Å². The third-order valence-electron chi connectivity index (χ3n) is 5.16. The van der Waals surface area contributed by atoms with Crippen molar-refractivity contribution < 1.29 is 8.42 Å². The highest BCUT2D eigenvalue weighted by Crippen LogP contribution is 2.26. The molecule has 0 amide bonds. The topological polar surface area (TPSA) is 55.9 Å². The minimum atomic E-state index is -3.26. The van der Waals surface area contributed by atoms with Gasteiger partial charge in [0.2, 0.25) is 0 Å². The molecule has 2 atom stereocenters. The lowest BCUT2D eigenvalue weighted by atomic mass is 10.1. The van der Waals surface area contributed by atoms with Crippen molar-refractivity contribution in [1.29, 1.82) is 0 Å². The first-order chi connectivity index (χ1) is 10.1. The number of hydrogen-bond donors (Lipinski definition) is 1. The number of hydrogen-bond acceptors (Lipinski definition) is 4. The minimum Gasteiger partial charge on any atom is -0.314 e. The van der Waals surface area contributed by atoms with E-state index in [4.69, 9.17) is 0 Å². The molecular formula is C14H29ClN4O2S. The fourth-order valence-corrected chi connectivity index (χ4v) is 5.74. The van der Waals surface area contributed by atoms with E-state index in [2.05, 4.69) is 10.2 Å². The molecule has 3 heterocycles. The van der Waals surface area contributed by atoms with E-state index in [0.29, 0.717) is 25.7 Å². The third kappa shape index (κ3) is 3.76. The first-order valence-electron chi connectivity index (χ1n) is 8.31. The lowest BCUT2D eigenvalue weighted by molar-refractivity contribution is 0.178. The van der Waals surface area contributed by atoms with Gasteiger partial charge in [0.15, 0.2) is 0 Å². The smallest absolute Gasteiger partial charge is 0.282 e. The Kier molecular flexibility index (Phi) is 6.50. The van der Waals surface area contributed by atoms with Gasteiger partial charge in [-0.2, -0.15) is 17.0 Å². The second kappa shape index (κ2) is 7.77. The third-order valence-corrected chi connectivity index (χ3v) is 7.28. The molecule has 0 aromatic rings. The van der Waals surface area contributed by atoms with E-state index in [9.17, 15) is 8.42 Å². The zero-order valence-electron chi connectivity index (χ0n) is 13.4. The van der Waals surface area contributed by atoms with Crippen molar-refractivity contribution >= 4 is 22.6 Å². The molecule has 0 saturated carbocycles. The quantitative estimate of drug-likeness (QED) is 0.804. The van der Waals surface area contributed by atoms with E-state index in [1.165, 1.54) is 0 Å². The lowest BCUT2D eigenvalue weighted by Crippen LogP contribution is -2.51. The maximum Gasteiger partial charge on any atom is 0.282 e. The Morgan fingerprint density at radius 2 is 1.73 bits per heavy atom. The fraction of sp³-hybridized carbons (Fsp3) is 1.00. The molecule has 8 heteroatoms. The Labute approximate surface area is 140 Å². The summed E-state index contributed by atoms with van der Waals surface area (Å²) in [6.07, 6.45) is 4.12. The van der Waals surface area contributed by atoms with E-state index >= 15 is 0 Å². The Balaban J connectivity index is 0.00000176. The molecule has 0 bridgehead atoms. The first-order valence-corrected chi connectivity index (χ1v) is 9.70. The van der Waals surface area contributed by atoms with Crippen LogP contribution in [-0.2, 0) is 10.2 Å². The van der Waals surface area contributed by atoms with E-state index in [1.54, 1.807) is 8.61 Å². The second-order valence-corrected chi connectivity index (χ2v) is 8.43. The van der Waals surface area contributed by atoms with Crippen molar-refractivity contribution in [3.8, 4) is 0 Å². The van der Waals surface area contributed by atoms with Crippen LogP contribution in [0.5, 0.6) is 0 Å². The van der Waals surface area contributed by atoms with Gasteiger partial charge in [-0.15, -0.1) is 12.4 Å². The summed E-state index contributed by atoms with van der Waals surface area (Å²) in [7, 11) is -3.26. The number of nitrogens with zero attached hydrogens (tertiary/aromatic N) is 3. The van der Waals surface area contributed by atoms with Crippen LogP contribution in [0.25, 0.3) is 0 Å². The molecule has 0 spiro atoms. The Morgan fingerprint density at radius 3 is 2.41 bits per heavy atom. The van der Waals surface area contributed by atoms with Crippen molar-refractivity contribution in [1.82, 2.24) is 18.8 Å². The molecule has 22 heavy (non-hydrogen) atoms. The first kappa shape index (κ1) is 18.4. The summed E-state index contributed by atoms with van der Waals surface area (Å²) in [5, 5.41) is 3.36. The molecule has 2 unspecified atom stereocenters. The average Bonchev–Trinajstić information content (AvgIpc) is 2.99. The summed E-state index contributed by atoms with van der Waals surface area (Å²) in [5.41, 5.74) is 0. The summed E-state index contributed by atoms with van der Waals surface area (Å²) in [6, 6.07) is 0.559. The van der Waals surface area contributed by atoms with Crippen molar-refractivity contribution in [2.75, 3.05) is 45.8 Å². The van der Waals surface area contributed by atoms with E-state index in [-0.39, 0.29) is 18.4 Å². The monoisotopic (exact) mass is 352 g/mol. The van der Waals surface area contributed by atoms with Crippen LogP contribution in [0.1, 0.15) is 32.6 Å². The lowest BCUT2D eigenvalue weighted by Gasteiger charge is -2.36. The fourth-order valence-electron chi connectivity index (χ4n) is 3.83. The van der Waals surface area contributed by atoms with Crippen LogP contribution in [0.2, 0.25) is 0 Å². The largest absolute Gasteiger partial charge is 0.314 e. The highest BCUT2D eigenvalue weighted by molar-refractivity contribution is 7.86. The molecule has 3 aliphatic rings. The van der Waals surface area contributed by atoms with Gasteiger partial charge in [-0.3, -0.25) is 4.90 Å². The normalized spacial score (nSPS) is 32.8. The summed E-state index contributed by atoms with van der Waals surface area (Å²) < 4.78 is 29.2. The van der Waals surface area contributed by atoms with E-state index in [1.807, 2.05) is 6.92 Å². The highest BCUT2D eigenvalue weighted by Gasteiger charge is 2.39. The van der Waals surface area contributed by atoms with Crippen LogP contribution >= 0.6 is 12.4 Å². The Morgan fingerprint density at radius 1 is 1.00 bits per heavy atom. The zero-order chi connectivity index (χ0) is 14.9. The average molecular weight is 353 g/mol. The number of halogens is 1. The molecule has 3 rings (SSSR count). The molecule has 0 radical (unpaired) electrons. The summed E-state index contributed by atoms with van der Waals surface area (Å²) >= 11 is 0. The molecule has 6 nitrogen and oxygen atoms in total. The van der Waals surface area contributed by atoms with Crippen LogP contribution in [0.4, 0.5) is 0 Å². The van der Waals surface area contributed by atoms with Crippen LogP contribution in [-0.4, -0.2) is 79.8 Å². The van der Waals surface area contributed by atoms with Gasteiger partial charge in [-0.1, -0.05) is 6.42 Å². The van der Waals surface area contributed by atoms with Crippen LogP contribution in [0.3, 0.4) is 0 Å². The van der Waals surface area contributed by atoms with Gasteiger partial charge in [0.05, 0.1) is 0 Å². The van der Waals surface area contributed by atoms with Gasteiger partial charge < -0.3 is 5.32 Å². The van der Waals surface area contributed by atoms with Crippen molar-refractivity contribution in [3.05, 3.63) is 0 Å². The minimum absolute atomic E-state index is 0. The number of piperidine rings is 1. The van der Waals surface area contributed by atoms with Crippen LogP contribution in [0.15, 0.2) is 0 Å². The van der Waals surface area contributed by atoms with Crippen molar-refractivity contribution in [3.63, 3.8) is 0 Å². The molecule has 1 N–H and O–H groups in total. The molecule has 0 aromatic carbocycles. The number of piperazine rings is 1. The van der Waals surface area contributed by atoms with Crippen molar-refractivity contribution in [2.24, 2.45) is 0 Å².